The zero-order chi connectivity index (χ0) is 16.4. The van der Waals surface area contributed by atoms with Gasteiger partial charge in [-0.1, -0.05) is 18.2 Å². The highest BCUT2D eigenvalue weighted by atomic mass is 15.3. The number of hydrogen-bond donors (Lipinski definition) is 0. The van der Waals surface area contributed by atoms with Crippen molar-refractivity contribution in [2.24, 2.45) is 0 Å². The number of benzene rings is 1. The van der Waals surface area contributed by atoms with Gasteiger partial charge in [-0.2, -0.15) is 9.38 Å². The molecule has 118 valence electrons. The van der Waals surface area contributed by atoms with Crippen LogP contribution in [0.1, 0.15) is 5.69 Å². The minimum Gasteiger partial charge on any atom is -0.257 e. The van der Waals surface area contributed by atoms with E-state index in [0.29, 0.717) is 5.78 Å². The number of rotatable bonds is 1. The first-order chi connectivity index (χ1) is 12.4. The molecule has 1 aliphatic rings. The van der Waals surface area contributed by atoms with Crippen LogP contribution in [-0.2, 0) is 6.54 Å². The molecule has 6 heteroatoms. The van der Waals surface area contributed by atoms with Gasteiger partial charge in [0.05, 0.1) is 17.5 Å². The summed E-state index contributed by atoms with van der Waals surface area (Å²) in [6.07, 6.45) is 5.64. The third-order valence-corrected chi connectivity index (χ3v) is 4.75. The van der Waals surface area contributed by atoms with E-state index in [4.69, 9.17) is 4.98 Å². The molecular weight excluding hydrogens is 312 g/mol. The smallest absolute Gasteiger partial charge is 0.257 e. The lowest BCUT2D eigenvalue weighted by molar-refractivity contribution is -0.648. The Morgan fingerprint density at radius 2 is 1.80 bits per heavy atom. The lowest BCUT2D eigenvalue weighted by atomic mass is 10.2. The first-order valence-corrected chi connectivity index (χ1v) is 8.19. The lowest BCUT2D eigenvalue weighted by Crippen LogP contribution is -2.32. The van der Waals surface area contributed by atoms with Gasteiger partial charge in [0.2, 0.25) is 5.82 Å². The number of nitrogens with zero attached hydrogens (tertiary/aromatic N) is 6. The van der Waals surface area contributed by atoms with Crippen LogP contribution < -0.4 is 4.57 Å². The van der Waals surface area contributed by atoms with E-state index in [0.717, 1.165) is 40.6 Å². The van der Waals surface area contributed by atoms with E-state index in [-0.39, 0.29) is 0 Å². The highest BCUT2D eigenvalue weighted by Crippen LogP contribution is 2.32. The van der Waals surface area contributed by atoms with Crippen LogP contribution in [0.4, 0.5) is 0 Å². The largest absolute Gasteiger partial charge is 0.299 e. The van der Waals surface area contributed by atoms with Crippen molar-refractivity contribution in [2.45, 2.75) is 6.54 Å². The van der Waals surface area contributed by atoms with E-state index < -0.39 is 0 Å². The Balaban J connectivity index is 1.83. The molecule has 0 N–H and O–H groups in total. The minimum absolute atomic E-state index is 0.705. The van der Waals surface area contributed by atoms with Crippen LogP contribution in [0.5, 0.6) is 0 Å². The van der Waals surface area contributed by atoms with Crippen molar-refractivity contribution in [3.05, 3.63) is 72.8 Å². The Bertz CT molecular complexity index is 1270. The molecular formula is C19H13N6+. The molecule has 0 unspecified atom stereocenters. The zero-order valence-electron chi connectivity index (χ0n) is 13.2. The molecule has 6 rings (SSSR count). The number of pyridine rings is 1. The Labute approximate surface area is 142 Å². The fraction of sp³-hybridized carbons (Fsp3) is 0.0526. The van der Waals surface area contributed by atoms with Crippen LogP contribution in [0.25, 0.3) is 34.1 Å². The molecule has 25 heavy (non-hydrogen) atoms. The fourth-order valence-electron chi connectivity index (χ4n) is 3.74. The Hall–Kier alpha value is -3.54. The second-order valence-electron chi connectivity index (χ2n) is 6.13. The number of fused-ring (bicyclic) bond motifs is 7. The molecule has 0 saturated heterocycles. The molecule has 1 aliphatic heterocycles. The molecule has 0 fully saturated rings. The monoisotopic (exact) mass is 325 g/mol. The summed E-state index contributed by atoms with van der Waals surface area (Å²) < 4.78 is 6.53. The van der Waals surface area contributed by atoms with Gasteiger partial charge >= 0.3 is 0 Å². The van der Waals surface area contributed by atoms with Crippen molar-refractivity contribution in [3.63, 3.8) is 0 Å². The zero-order valence-corrected chi connectivity index (χ0v) is 13.2. The first-order valence-electron chi connectivity index (χ1n) is 8.19. The molecule has 5 aromatic rings. The lowest BCUT2D eigenvalue weighted by Gasteiger charge is -2.02. The highest BCUT2D eigenvalue weighted by Gasteiger charge is 2.36. The van der Waals surface area contributed by atoms with Crippen molar-refractivity contribution in [1.82, 2.24) is 23.9 Å². The molecule has 0 radical (unpaired) electrons. The third-order valence-electron chi connectivity index (χ3n) is 4.75. The number of hydrogen-bond acceptors (Lipinski definition) is 3. The molecule has 5 heterocycles. The maximum Gasteiger partial charge on any atom is 0.299 e. The van der Waals surface area contributed by atoms with Crippen molar-refractivity contribution in [3.8, 4) is 17.1 Å². The maximum atomic E-state index is 4.80. The first kappa shape index (κ1) is 12.8. The topological polar surface area (TPSA) is 51.9 Å². The summed E-state index contributed by atoms with van der Waals surface area (Å²) in [6, 6.07) is 16.4. The average molecular weight is 325 g/mol. The van der Waals surface area contributed by atoms with E-state index in [2.05, 4.69) is 37.3 Å². The summed E-state index contributed by atoms with van der Waals surface area (Å²) in [5, 5.41) is 0. The van der Waals surface area contributed by atoms with Crippen LogP contribution >= 0.6 is 0 Å². The van der Waals surface area contributed by atoms with Gasteiger partial charge in [-0.05, 0) is 30.3 Å². The summed E-state index contributed by atoms with van der Waals surface area (Å²) in [5.41, 5.74) is 5.28. The van der Waals surface area contributed by atoms with Crippen LogP contribution in [0, 0.1) is 0 Å². The van der Waals surface area contributed by atoms with E-state index in [1.807, 2.05) is 47.1 Å². The van der Waals surface area contributed by atoms with Crippen molar-refractivity contribution < 1.29 is 4.57 Å². The quantitative estimate of drug-likeness (QED) is 0.436. The summed E-state index contributed by atoms with van der Waals surface area (Å²) in [5.74, 6) is 1.82. The van der Waals surface area contributed by atoms with E-state index in [1.54, 1.807) is 6.20 Å². The second kappa shape index (κ2) is 4.51. The summed E-state index contributed by atoms with van der Waals surface area (Å²) in [7, 11) is 0. The molecule has 0 atom stereocenters. The second-order valence-corrected chi connectivity index (χ2v) is 6.13. The summed E-state index contributed by atoms with van der Waals surface area (Å²) in [4.78, 5) is 13.8. The summed E-state index contributed by atoms with van der Waals surface area (Å²) >= 11 is 0. The van der Waals surface area contributed by atoms with Gasteiger partial charge in [-0.15, -0.1) is 0 Å². The van der Waals surface area contributed by atoms with Crippen molar-refractivity contribution in [1.29, 1.82) is 0 Å². The van der Waals surface area contributed by atoms with Gasteiger partial charge < -0.3 is 0 Å². The maximum absolute atomic E-state index is 4.80. The molecule has 0 amide bonds. The van der Waals surface area contributed by atoms with Gasteiger partial charge in [-0.25, -0.2) is 14.1 Å². The van der Waals surface area contributed by atoms with Gasteiger partial charge in [-0.3, -0.25) is 4.98 Å². The van der Waals surface area contributed by atoms with Gasteiger partial charge in [0.1, 0.15) is 12.2 Å². The minimum atomic E-state index is 0.705. The Morgan fingerprint density at radius 1 is 0.920 bits per heavy atom. The standard InChI is InChI=1S/C19H13N6/c1-2-6-13(7-3-1)25-16-18(23-11-5-10-21-19(23)22-16)24-12-15-14(17(24)25)8-4-9-20-15/h1-11H,12H2/q+1. The van der Waals surface area contributed by atoms with Crippen molar-refractivity contribution in [2.75, 3.05) is 0 Å². The highest BCUT2D eigenvalue weighted by molar-refractivity contribution is 5.78. The van der Waals surface area contributed by atoms with Crippen LogP contribution in [0.2, 0.25) is 0 Å². The van der Waals surface area contributed by atoms with E-state index >= 15 is 0 Å². The number of imidazole rings is 2. The van der Waals surface area contributed by atoms with E-state index in [1.165, 1.54) is 0 Å². The molecule has 4 aromatic heterocycles. The molecule has 6 nitrogen and oxygen atoms in total. The molecule has 1 aromatic carbocycles. The SMILES string of the molecule is c1ccc(-n2c3[n+](c4c2nc2ncccn24)Cc2ncccc2-3)cc1. The third kappa shape index (κ3) is 1.58. The predicted molar refractivity (Wildman–Crippen MR) is 92.3 cm³/mol. The average Bonchev–Trinajstić information content (AvgIpc) is 3.29. The van der Waals surface area contributed by atoms with Crippen LogP contribution in [0.15, 0.2) is 67.1 Å². The van der Waals surface area contributed by atoms with Gasteiger partial charge in [0.25, 0.3) is 17.1 Å². The Morgan fingerprint density at radius 3 is 2.72 bits per heavy atom. The Kier molecular flexibility index (Phi) is 2.31. The van der Waals surface area contributed by atoms with Gasteiger partial charge in [0, 0.05) is 12.4 Å². The van der Waals surface area contributed by atoms with Crippen molar-refractivity contribution >= 4 is 17.1 Å². The van der Waals surface area contributed by atoms with Crippen LogP contribution in [0.3, 0.4) is 0 Å². The molecule has 0 saturated carbocycles. The number of para-hydroxylation sites is 1. The molecule has 0 spiro atoms. The fourth-order valence-corrected chi connectivity index (χ4v) is 3.74. The van der Waals surface area contributed by atoms with E-state index in [9.17, 15) is 0 Å². The molecule has 0 aliphatic carbocycles. The normalized spacial score (nSPS) is 12.6. The molecule has 0 bridgehead atoms. The van der Waals surface area contributed by atoms with Crippen LogP contribution in [-0.4, -0.2) is 23.9 Å². The number of aromatic nitrogens is 6. The van der Waals surface area contributed by atoms with Gasteiger partial charge in [0.15, 0.2) is 0 Å². The predicted octanol–water partition coefficient (Wildman–Crippen LogP) is 2.38. The summed E-state index contributed by atoms with van der Waals surface area (Å²) in [6.45, 7) is 0.741.